The van der Waals surface area contributed by atoms with Gasteiger partial charge in [-0.15, -0.1) is 0 Å². The lowest BCUT2D eigenvalue weighted by Crippen LogP contribution is -2.36. The first-order valence-electron chi connectivity index (χ1n) is 4.26. The number of aliphatic carboxylic acids is 1. The molecule has 12 heavy (non-hydrogen) atoms. The Morgan fingerprint density at radius 2 is 2.50 bits per heavy atom. The summed E-state index contributed by atoms with van der Waals surface area (Å²) in [6.45, 7) is 2.71. The van der Waals surface area contributed by atoms with E-state index in [1.807, 2.05) is 0 Å². The Kier molecular flexibility index (Phi) is 1.81. The normalized spacial score (nSPS) is 40.8. The summed E-state index contributed by atoms with van der Waals surface area (Å²) in [5.41, 5.74) is -0.105. The molecule has 0 aromatic carbocycles. The molecule has 0 radical (unpaired) electrons. The number of rotatable bonds is 1. The summed E-state index contributed by atoms with van der Waals surface area (Å²) >= 11 is 0. The van der Waals surface area contributed by atoms with Crippen LogP contribution in [0.2, 0.25) is 0 Å². The van der Waals surface area contributed by atoms with E-state index in [1.165, 1.54) is 0 Å². The van der Waals surface area contributed by atoms with Gasteiger partial charge in [0, 0.05) is 12.0 Å². The quantitative estimate of drug-likeness (QED) is 0.568. The van der Waals surface area contributed by atoms with Crippen LogP contribution in [0.3, 0.4) is 0 Å². The van der Waals surface area contributed by atoms with Crippen LogP contribution in [0.5, 0.6) is 0 Å². The fourth-order valence-corrected chi connectivity index (χ4v) is 2.17. The second-order valence-electron chi connectivity index (χ2n) is 3.70. The van der Waals surface area contributed by atoms with Gasteiger partial charge >= 0.3 is 5.97 Å². The van der Waals surface area contributed by atoms with Crippen LogP contribution in [0.15, 0.2) is 0 Å². The van der Waals surface area contributed by atoms with Crippen molar-refractivity contribution in [2.45, 2.75) is 6.42 Å². The molecule has 2 rings (SSSR count). The summed E-state index contributed by atoms with van der Waals surface area (Å²) in [6.07, 6.45) is 0.934. The average molecular weight is 171 g/mol. The van der Waals surface area contributed by atoms with E-state index in [0.29, 0.717) is 13.2 Å². The molecule has 2 atom stereocenters. The van der Waals surface area contributed by atoms with Gasteiger partial charge in [-0.25, -0.2) is 0 Å². The number of carboxylic acids is 1. The van der Waals surface area contributed by atoms with Crippen molar-refractivity contribution in [2.24, 2.45) is 11.3 Å². The molecule has 0 aromatic heterocycles. The summed E-state index contributed by atoms with van der Waals surface area (Å²) in [5.74, 6) is -1.01. The first kappa shape index (κ1) is 8.01. The molecule has 2 aliphatic heterocycles. The largest absolute Gasteiger partial charge is 0.481 e. The van der Waals surface area contributed by atoms with Gasteiger partial charge in [0.05, 0.1) is 19.1 Å². The van der Waals surface area contributed by atoms with Crippen LogP contribution in [-0.2, 0) is 9.53 Å². The zero-order chi connectivity index (χ0) is 8.60. The van der Waals surface area contributed by atoms with E-state index in [1.54, 1.807) is 0 Å². The Hall–Kier alpha value is -0.610. The fraction of sp³-hybridized carbons (Fsp3) is 0.875. The fourth-order valence-electron chi connectivity index (χ4n) is 2.17. The van der Waals surface area contributed by atoms with Crippen LogP contribution in [0, 0.1) is 11.3 Å². The van der Waals surface area contributed by atoms with Crippen molar-refractivity contribution in [3.05, 3.63) is 0 Å². The second kappa shape index (κ2) is 2.71. The van der Waals surface area contributed by atoms with Crippen LogP contribution in [0.4, 0.5) is 0 Å². The van der Waals surface area contributed by atoms with Gasteiger partial charge in [-0.1, -0.05) is 0 Å². The van der Waals surface area contributed by atoms with E-state index >= 15 is 0 Å². The summed E-state index contributed by atoms with van der Waals surface area (Å²) in [5, 5.41) is 12.1. The van der Waals surface area contributed by atoms with Gasteiger partial charge in [0.2, 0.25) is 0 Å². The van der Waals surface area contributed by atoms with Gasteiger partial charge in [-0.05, 0) is 13.0 Å². The predicted molar refractivity (Wildman–Crippen MR) is 41.9 cm³/mol. The van der Waals surface area contributed by atoms with Crippen LogP contribution in [0.25, 0.3) is 0 Å². The number of hydrogen-bond acceptors (Lipinski definition) is 3. The second-order valence-corrected chi connectivity index (χ2v) is 3.70. The molecule has 2 fully saturated rings. The molecular formula is C8H13NO3. The van der Waals surface area contributed by atoms with Crippen molar-refractivity contribution < 1.29 is 14.6 Å². The van der Waals surface area contributed by atoms with Crippen molar-refractivity contribution in [1.82, 2.24) is 5.32 Å². The highest BCUT2D eigenvalue weighted by atomic mass is 16.5. The molecule has 2 heterocycles. The SMILES string of the molecule is O=C(O)C1COCC12CCNC2. The van der Waals surface area contributed by atoms with Gasteiger partial charge in [0.25, 0.3) is 0 Å². The van der Waals surface area contributed by atoms with E-state index in [0.717, 1.165) is 19.5 Å². The molecular weight excluding hydrogens is 158 g/mol. The number of hydrogen-bond donors (Lipinski definition) is 2. The van der Waals surface area contributed by atoms with Crippen molar-refractivity contribution in [2.75, 3.05) is 26.3 Å². The first-order chi connectivity index (χ1) is 5.75. The lowest BCUT2D eigenvalue weighted by atomic mass is 9.77. The highest BCUT2D eigenvalue weighted by Gasteiger charge is 2.49. The summed E-state index contributed by atoms with van der Waals surface area (Å²) < 4.78 is 5.24. The number of carbonyl (C=O) groups is 1. The van der Waals surface area contributed by atoms with Crippen molar-refractivity contribution in [3.8, 4) is 0 Å². The topological polar surface area (TPSA) is 58.6 Å². The Morgan fingerprint density at radius 3 is 3.08 bits per heavy atom. The lowest BCUT2D eigenvalue weighted by Gasteiger charge is -2.24. The minimum Gasteiger partial charge on any atom is -0.481 e. The molecule has 4 nitrogen and oxygen atoms in total. The van der Waals surface area contributed by atoms with Gasteiger partial charge in [-0.2, -0.15) is 0 Å². The highest BCUT2D eigenvalue weighted by molar-refractivity contribution is 5.71. The summed E-state index contributed by atoms with van der Waals surface area (Å²) in [7, 11) is 0. The van der Waals surface area contributed by atoms with Crippen LogP contribution >= 0.6 is 0 Å². The van der Waals surface area contributed by atoms with E-state index in [-0.39, 0.29) is 11.3 Å². The van der Waals surface area contributed by atoms with E-state index in [9.17, 15) is 4.79 Å². The third-order valence-corrected chi connectivity index (χ3v) is 2.99. The molecule has 2 aliphatic rings. The Bertz CT molecular complexity index is 193. The van der Waals surface area contributed by atoms with Gasteiger partial charge in [-0.3, -0.25) is 4.79 Å². The molecule has 0 aromatic rings. The highest BCUT2D eigenvalue weighted by Crippen LogP contribution is 2.39. The average Bonchev–Trinajstić information content (AvgIpc) is 2.61. The Labute approximate surface area is 70.9 Å². The van der Waals surface area contributed by atoms with Crippen molar-refractivity contribution >= 4 is 5.97 Å². The summed E-state index contributed by atoms with van der Waals surface area (Å²) in [4.78, 5) is 10.9. The summed E-state index contributed by atoms with van der Waals surface area (Å²) in [6, 6.07) is 0. The minimum absolute atomic E-state index is 0.105. The molecule has 0 aliphatic carbocycles. The zero-order valence-corrected chi connectivity index (χ0v) is 6.88. The van der Waals surface area contributed by atoms with Crippen molar-refractivity contribution in [3.63, 3.8) is 0 Å². The molecule has 2 saturated heterocycles. The zero-order valence-electron chi connectivity index (χ0n) is 6.88. The van der Waals surface area contributed by atoms with E-state index in [4.69, 9.17) is 9.84 Å². The van der Waals surface area contributed by atoms with Crippen LogP contribution in [-0.4, -0.2) is 37.4 Å². The maximum Gasteiger partial charge on any atom is 0.309 e. The maximum absolute atomic E-state index is 10.9. The third kappa shape index (κ3) is 1.03. The van der Waals surface area contributed by atoms with Crippen molar-refractivity contribution in [1.29, 1.82) is 0 Å². The van der Waals surface area contributed by atoms with Gasteiger partial charge in [0.1, 0.15) is 0 Å². The number of nitrogens with one attached hydrogen (secondary N) is 1. The Morgan fingerprint density at radius 1 is 1.67 bits per heavy atom. The van der Waals surface area contributed by atoms with Gasteiger partial charge < -0.3 is 15.2 Å². The minimum atomic E-state index is -0.712. The number of ether oxygens (including phenoxy) is 1. The smallest absolute Gasteiger partial charge is 0.309 e. The molecule has 2 N–H and O–H groups in total. The molecule has 4 heteroatoms. The molecule has 2 unspecified atom stereocenters. The standard InChI is InChI=1S/C8H13NO3/c10-7(11)6-3-12-5-8(6)1-2-9-4-8/h6,9H,1-5H2,(H,10,11). The van der Waals surface area contributed by atoms with Crippen LogP contribution in [0.1, 0.15) is 6.42 Å². The van der Waals surface area contributed by atoms with E-state index < -0.39 is 5.97 Å². The monoisotopic (exact) mass is 171 g/mol. The predicted octanol–water partition coefficient (Wildman–Crippen LogP) is -0.303. The maximum atomic E-state index is 10.9. The van der Waals surface area contributed by atoms with Gasteiger partial charge in [0.15, 0.2) is 0 Å². The Balaban J connectivity index is 2.17. The molecule has 0 saturated carbocycles. The molecule has 68 valence electrons. The molecule has 0 bridgehead atoms. The third-order valence-electron chi connectivity index (χ3n) is 2.99. The number of carboxylic acid groups (broad SMARTS) is 1. The lowest BCUT2D eigenvalue weighted by molar-refractivity contribution is -0.144. The molecule has 1 spiro atoms. The van der Waals surface area contributed by atoms with E-state index in [2.05, 4.69) is 5.32 Å². The molecule has 0 amide bonds. The first-order valence-corrected chi connectivity index (χ1v) is 4.26. The van der Waals surface area contributed by atoms with Crippen LogP contribution < -0.4 is 5.32 Å².